The first-order chi connectivity index (χ1) is 10.2. The number of rotatable bonds is 4. The van der Waals surface area contributed by atoms with Crippen molar-refractivity contribution in [2.24, 2.45) is 5.92 Å². The summed E-state index contributed by atoms with van der Waals surface area (Å²) in [6, 6.07) is 11.4. The molecule has 1 fully saturated rings. The third-order valence-electron chi connectivity index (χ3n) is 4.18. The van der Waals surface area contributed by atoms with Gasteiger partial charge in [0.1, 0.15) is 0 Å². The number of carbonyl (C=O) groups is 1. The second-order valence-corrected chi connectivity index (χ2v) is 5.61. The molecule has 1 aliphatic rings. The van der Waals surface area contributed by atoms with E-state index in [0.717, 1.165) is 24.9 Å². The molecule has 3 rings (SSSR count). The van der Waals surface area contributed by atoms with Gasteiger partial charge in [0.05, 0.1) is 6.10 Å². The van der Waals surface area contributed by atoms with Crippen molar-refractivity contribution in [3.05, 3.63) is 54.4 Å². The van der Waals surface area contributed by atoms with Crippen LogP contribution in [0.1, 0.15) is 29.6 Å². The van der Waals surface area contributed by atoms with Crippen molar-refractivity contribution in [3.63, 3.8) is 0 Å². The molecule has 1 aromatic heterocycles. The Morgan fingerprint density at radius 1 is 1.19 bits per heavy atom. The normalized spacial score (nSPS) is 21.4. The molecule has 1 heterocycles. The first-order valence-corrected chi connectivity index (χ1v) is 7.44. The Labute approximate surface area is 124 Å². The number of aliphatic hydroxyl groups excluding tert-OH is 1. The highest BCUT2D eigenvalue weighted by Crippen LogP contribution is 2.24. The Balaban J connectivity index is 1.60. The maximum absolute atomic E-state index is 12.1. The van der Waals surface area contributed by atoms with Crippen LogP contribution in [0.25, 0.3) is 5.69 Å². The lowest BCUT2D eigenvalue weighted by molar-refractivity contribution is 0.0917. The Kier molecular flexibility index (Phi) is 4.06. The molecule has 1 aliphatic carbocycles. The fraction of sp³-hybridized carbons (Fsp3) is 0.353. The van der Waals surface area contributed by atoms with Gasteiger partial charge in [-0.25, -0.2) is 0 Å². The molecule has 4 nitrogen and oxygen atoms in total. The third-order valence-corrected chi connectivity index (χ3v) is 4.18. The molecule has 1 amide bonds. The number of hydrogen-bond donors (Lipinski definition) is 2. The summed E-state index contributed by atoms with van der Waals surface area (Å²) in [5.74, 6) is 0.126. The second kappa shape index (κ2) is 6.14. The summed E-state index contributed by atoms with van der Waals surface area (Å²) in [5, 5.41) is 12.7. The van der Waals surface area contributed by atoms with Crippen LogP contribution in [-0.4, -0.2) is 28.2 Å². The highest BCUT2D eigenvalue weighted by molar-refractivity contribution is 5.94. The molecule has 1 saturated carbocycles. The van der Waals surface area contributed by atoms with Crippen LogP contribution in [0, 0.1) is 5.92 Å². The summed E-state index contributed by atoms with van der Waals surface area (Å²) in [4.78, 5) is 12.1. The van der Waals surface area contributed by atoms with Crippen LogP contribution in [0.15, 0.2) is 48.8 Å². The summed E-state index contributed by atoms with van der Waals surface area (Å²) in [6.45, 7) is 0.555. The molecule has 0 aliphatic heterocycles. The smallest absolute Gasteiger partial charge is 0.251 e. The predicted molar refractivity (Wildman–Crippen MR) is 81.5 cm³/mol. The molecule has 0 bridgehead atoms. The van der Waals surface area contributed by atoms with Crippen molar-refractivity contribution >= 4 is 5.91 Å². The van der Waals surface area contributed by atoms with Gasteiger partial charge in [-0.2, -0.15) is 0 Å². The number of aromatic nitrogens is 1. The van der Waals surface area contributed by atoms with Crippen molar-refractivity contribution < 1.29 is 9.90 Å². The minimum absolute atomic E-state index is 0.0758. The first kappa shape index (κ1) is 13.9. The first-order valence-electron chi connectivity index (χ1n) is 7.44. The Morgan fingerprint density at radius 2 is 1.90 bits per heavy atom. The van der Waals surface area contributed by atoms with E-state index >= 15 is 0 Å². The van der Waals surface area contributed by atoms with E-state index in [0.29, 0.717) is 12.1 Å². The van der Waals surface area contributed by atoms with E-state index in [1.807, 2.05) is 53.4 Å². The van der Waals surface area contributed by atoms with Crippen molar-refractivity contribution in [2.45, 2.75) is 25.4 Å². The van der Waals surface area contributed by atoms with E-state index in [4.69, 9.17) is 0 Å². The SMILES string of the molecule is O=C(NCC1CCCC1O)c1ccc(-n2cccc2)cc1. The maximum atomic E-state index is 12.1. The average molecular weight is 284 g/mol. The summed E-state index contributed by atoms with van der Waals surface area (Å²) < 4.78 is 2.00. The lowest BCUT2D eigenvalue weighted by Gasteiger charge is -2.15. The Morgan fingerprint density at radius 3 is 2.52 bits per heavy atom. The van der Waals surface area contributed by atoms with Crippen LogP contribution in [0.4, 0.5) is 0 Å². The molecular formula is C17H20N2O2. The van der Waals surface area contributed by atoms with E-state index in [9.17, 15) is 9.90 Å². The second-order valence-electron chi connectivity index (χ2n) is 5.61. The van der Waals surface area contributed by atoms with E-state index in [1.54, 1.807) is 0 Å². The van der Waals surface area contributed by atoms with Crippen molar-refractivity contribution in [1.29, 1.82) is 0 Å². The van der Waals surface area contributed by atoms with Crippen LogP contribution in [0.2, 0.25) is 0 Å². The summed E-state index contributed by atoms with van der Waals surface area (Å²) in [7, 11) is 0. The Hall–Kier alpha value is -2.07. The highest BCUT2D eigenvalue weighted by Gasteiger charge is 2.25. The molecule has 2 atom stereocenters. The van der Waals surface area contributed by atoms with Crippen molar-refractivity contribution in [2.75, 3.05) is 6.54 Å². The quantitative estimate of drug-likeness (QED) is 0.905. The molecule has 0 spiro atoms. The molecule has 21 heavy (non-hydrogen) atoms. The minimum atomic E-state index is -0.263. The number of nitrogens with one attached hydrogen (secondary N) is 1. The molecule has 2 unspecified atom stereocenters. The van der Waals surface area contributed by atoms with Crippen LogP contribution in [-0.2, 0) is 0 Å². The van der Waals surface area contributed by atoms with Crippen LogP contribution >= 0.6 is 0 Å². The molecule has 1 aromatic carbocycles. The van der Waals surface area contributed by atoms with Crippen LogP contribution in [0.5, 0.6) is 0 Å². The zero-order chi connectivity index (χ0) is 14.7. The fourth-order valence-corrected chi connectivity index (χ4v) is 2.87. The van der Waals surface area contributed by atoms with E-state index in [-0.39, 0.29) is 17.9 Å². The maximum Gasteiger partial charge on any atom is 0.251 e. The molecule has 2 aromatic rings. The molecule has 0 saturated heterocycles. The number of amides is 1. The molecule has 4 heteroatoms. The minimum Gasteiger partial charge on any atom is -0.393 e. The van der Waals surface area contributed by atoms with Gasteiger partial charge < -0.3 is 15.0 Å². The summed E-state index contributed by atoms with van der Waals surface area (Å²) >= 11 is 0. The van der Waals surface area contributed by atoms with Crippen LogP contribution in [0.3, 0.4) is 0 Å². The zero-order valence-electron chi connectivity index (χ0n) is 11.9. The standard InChI is InChI=1S/C17H20N2O2/c20-16-5-3-4-14(16)12-18-17(21)13-6-8-15(9-7-13)19-10-1-2-11-19/h1-2,6-11,14,16,20H,3-5,12H2,(H,18,21). The van der Waals surface area contributed by atoms with Crippen molar-refractivity contribution in [3.8, 4) is 5.69 Å². The van der Waals surface area contributed by atoms with Gasteiger partial charge in [-0.3, -0.25) is 4.79 Å². The lowest BCUT2D eigenvalue weighted by atomic mass is 10.1. The van der Waals surface area contributed by atoms with Gasteiger partial charge >= 0.3 is 0 Å². The van der Waals surface area contributed by atoms with Crippen molar-refractivity contribution in [1.82, 2.24) is 9.88 Å². The Bertz CT molecular complexity index is 590. The van der Waals surface area contributed by atoms with E-state index in [1.165, 1.54) is 0 Å². The number of nitrogens with zero attached hydrogens (tertiary/aromatic N) is 1. The van der Waals surface area contributed by atoms with Gasteiger partial charge in [-0.1, -0.05) is 6.42 Å². The molecule has 110 valence electrons. The monoisotopic (exact) mass is 284 g/mol. The van der Waals surface area contributed by atoms with Gasteiger partial charge in [0.15, 0.2) is 0 Å². The predicted octanol–water partition coefficient (Wildman–Crippen LogP) is 2.37. The van der Waals surface area contributed by atoms with E-state index < -0.39 is 0 Å². The zero-order valence-corrected chi connectivity index (χ0v) is 11.9. The summed E-state index contributed by atoms with van der Waals surface area (Å²) in [6.07, 6.45) is 6.57. The van der Waals surface area contributed by atoms with Gasteiger partial charge in [-0.05, 0) is 49.2 Å². The lowest BCUT2D eigenvalue weighted by Crippen LogP contribution is -2.32. The van der Waals surface area contributed by atoms with E-state index in [2.05, 4.69) is 5.32 Å². The summed E-state index contributed by atoms with van der Waals surface area (Å²) in [5.41, 5.74) is 1.68. The number of benzene rings is 1. The van der Waals surface area contributed by atoms with Gasteiger partial charge in [0, 0.05) is 36.1 Å². The molecular weight excluding hydrogens is 264 g/mol. The number of carbonyl (C=O) groups excluding carboxylic acids is 1. The third kappa shape index (κ3) is 3.16. The number of aliphatic hydroxyl groups is 1. The van der Waals surface area contributed by atoms with Gasteiger partial charge in [0.25, 0.3) is 5.91 Å². The molecule has 2 N–H and O–H groups in total. The topological polar surface area (TPSA) is 54.3 Å². The van der Waals surface area contributed by atoms with Crippen LogP contribution < -0.4 is 5.32 Å². The van der Waals surface area contributed by atoms with Gasteiger partial charge in [0.2, 0.25) is 0 Å². The highest BCUT2D eigenvalue weighted by atomic mass is 16.3. The van der Waals surface area contributed by atoms with Gasteiger partial charge in [-0.15, -0.1) is 0 Å². The number of hydrogen-bond acceptors (Lipinski definition) is 2. The largest absolute Gasteiger partial charge is 0.393 e. The average Bonchev–Trinajstić information content (AvgIpc) is 3.17. The fourth-order valence-electron chi connectivity index (χ4n) is 2.87. The molecule has 0 radical (unpaired) electrons.